The Labute approximate surface area is 70.2 Å². The van der Waals surface area contributed by atoms with E-state index in [4.69, 9.17) is 0 Å². The fourth-order valence-electron chi connectivity index (χ4n) is 0.453. The topological polar surface area (TPSA) is 63.0 Å². The Morgan fingerprint density at radius 1 is 0.889 bits per heavy atom. The summed E-state index contributed by atoms with van der Waals surface area (Å²) in [5.41, 5.74) is 0. The third-order valence-corrected chi connectivity index (χ3v) is 2.30. The monoisotopic (exact) mass is 318 g/mol. The van der Waals surface area contributed by atoms with Gasteiger partial charge in [0.05, 0.1) is 0 Å². The zero-order valence-corrected chi connectivity index (χ0v) is 9.45. The quantitative estimate of drug-likeness (QED) is 0.542. The number of hydrogen-bond donors (Lipinski definition) is 0. The van der Waals surface area contributed by atoms with Gasteiger partial charge in [-0.15, -0.1) is 0 Å². The molecule has 3 heteroatoms. The minimum atomic E-state index is 0. The molecule has 0 aliphatic carbocycles. The first-order chi connectivity index (χ1) is 3.39. The van der Waals surface area contributed by atoms with E-state index in [1.807, 2.05) is 6.07 Å². The van der Waals surface area contributed by atoms with Crippen molar-refractivity contribution in [3.05, 3.63) is 30.3 Å². The standard InChI is InChI=1S/C6H5.2H2O.Tl/c1-2-4-6-5-3-1;;;/h1-5H;2*1H2;. The third kappa shape index (κ3) is 4.56. The Hall–Kier alpha value is 0.0621. The summed E-state index contributed by atoms with van der Waals surface area (Å²) in [6, 6.07) is 10.5. The Balaban J connectivity index is 0. The van der Waals surface area contributed by atoms with Crippen molar-refractivity contribution in [2.45, 2.75) is 0 Å². The Morgan fingerprint density at radius 3 is 1.56 bits per heavy atom. The molecule has 48 valence electrons. The maximum absolute atomic E-state index is 2.16. The molecule has 0 saturated heterocycles. The van der Waals surface area contributed by atoms with Gasteiger partial charge in [0.1, 0.15) is 0 Å². The normalized spacial score (nSPS) is 6.56. The molecular weight excluding hydrogens is 308 g/mol. The Bertz CT molecular complexity index is 141. The van der Waals surface area contributed by atoms with Crippen LogP contribution in [0.3, 0.4) is 0 Å². The maximum atomic E-state index is 2.16. The molecule has 0 aromatic heterocycles. The van der Waals surface area contributed by atoms with E-state index < -0.39 is 0 Å². The van der Waals surface area contributed by atoms with E-state index in [0.717, 1.165) is 25.8 Å². The van der Waals surface area contributed by atoms with Crippen LogP contribution in [0.25, 0.3) is 0 Å². The van der Waals surface area contributed by atoms with E-state index in [1.54, 1.807) is 0 Å². The predicted octanol–water partition coefficient (Wildman–Crippen LogP) is -1.17. The molecule has 0 heterocycles. The summed E-state index contributed by atoms with van der Waals surface area (Å²) in [4.78, 5) is 0. The molecule has 0 radical (unpaired) electrons. The summed E-state index contributed by atoms with van der Waals surface area (Å²) in [6.07, 6.45) is 0. The molecule has 0 saturated carbocycles. The SMILES string of the molecule is O.O.[Tl][c]1ccccc1. The summed E-state index contributed by atoms with van der Waals surface area (Å²) in [5, 5.41) is 0. The van der Waals surface area contributed by atoms with Crippen LogP contribution in [0.15, 0.2) is 30.3 Å². The first-order valence-electron chi connectivity index (χ1n) is 2.20. The molecule has 0 bridgehead atoms. The van der Waals surface area contributed by atoms with E-state index in [2.05, 4.69) is 24.3 Å². The summed E-state index contributed by atoms with van der Waals surface area (Å²) in [7, 11) is 0. The summed E-state index contributed by atoms with van der Waals surface area (Å²) in [6.45, 7) is 0. The van der Waals surface area contributed by atoms with Crippen molar-refractivity contribution in [2.24, 2.45) is 0 Å². The van der Waals surface area contributed by atoms with Crippen LogP contribution in [0, 0.1) is 0 Å². The first-order valence-corrected chi connectivity index (χ1v) is 4.44. The predicted molar refractivity (Wildman–Crippen MR) is 39.1 cm³/mol. The average Bonchev–Trinajstić information content (AvgIpc) is 1.69. The van der Waals surface area contributed by atoms with Crippen molar-refractivity contribution in [1.29, 1.82) is 0 Å². The third-order valence-electron chi connectivity index (χ3n) is 0.800. The van der Waals surface area contributed by atoms with Gasteiger partial charge in [0.15, 0.2) is 0 Å². The van der Waals surface area contributed by atoms with Gasteiger partial charge in [-0.2, -0.15) is 0 Å². The van der Waals surface area contributed by atoms with Gasteiger partial charge in [-0.1, -0.05) is 0 Å². The Kier molecular flexibility index (Phi) is 8.12. The summed E-state index contributed by atoms with van der Waals surface area (Å²) >= 11 is 0.992. The van der Waals surface area contributed by atoms with Gasteiger partial charge in [-0.25, -0.2) is 0 Å². The van der Waals surface area contributed by atoms with Crippen molar-refractivity contribution in [3.63, 3.8) is 0 Å². The van der Waals surface area contributed by atoms with Crippen LogP contribution in [-0.2, 0) is 0 Å². The van der Waals surface area contributed by atoms with E-state index in [-0.39, 0.29) is 11.0 Å². The molecule has 0 atom stereocenters. The molecule has 1 aromatic carbocycles. The molecule has 2 nitrogen and oxygen atoms in total. The van der Waals surface area contributed by atoms with E-state index in [9.17, 15) is 0 Å². The molecule has 9 heavy (non-hydrogen) atoms. The van der Waals surface area contributed by atoms with E-state index in [0.29, 0.717) is 0 Å². The second kappa shape index (κ2) is 6.19. The second-order valence-electron chi connectivity index (χ2n) is 1.41. The van der Waals surface area contributed by atoms with Crippen LogP contribution in [0.2, 0.25) is 0 Å². The van der Waals surface area contributed by atoms with Crippen molar-refractivity contribution in [2.75, 3.05) is 0 Å². The number of rotatable bonds is 0. The zero-order valence-electron chi connectivity index (χ0n) is 4.96. The molecule has 0 aliphatic heterocycles. The average molecular weight is 318 g/mol. The molecule has 0 unspecified atom stereocenters. The van der Waals surface area contributed by atoms with Gasteiger partial charge < -0.3 is 11.0 Å². The summed E-state index contributed by atoms with van der Waals surface area (Å²) < 4.78 is 1.49. The molecule has 0 amide bonds. The van der Waals surface area contributed by atoms with Crippen molar-refractivity contribution >= 4 is 28.9 Å². The van der Waals surface area contributed by atoms with E-state index >= 15 is 0 Å². The Morgan fingerprint density at radius 2 is 1.33 bits per heavy atom. The van der Waals surface area contributed by atoms with Gasteiger partial charge in [0, 0.05) is 0 Å². The molecule has 0 aliphatic rings. The van der Waals surface area contributed by atoms with Crippen LogP contribution in [0.4, 0.5) is 0 Å². The zero-order chi connectivity index (χ0) is 5.11. The molecule has 1 rings (SSSR count). The first kappa shape index (κ1) is 11.8. The van der Waals surface area contributed by atoms with Gasteiger partial charge in [0.25, 0.3) is 0 Å². The number of hydrogen-bond acceptors (Lipinski definition) is 0. The van der Waals surface area contributed by atoms with Gasteiger partial charge in [-0.05, 0) is 0 Å². The number of benzene rings is 1. The summed E-state index contributed by atoms with van der Waals surface area (Å²) in [5.74, 6) is 0. The van der Waals surface area contributed by atoms with Crippen LogP contribution < -0.4 is 3.12 Å². The van der Waals surface area contributed by atoms with Crippen LogP contribution in [0.5, 0.6) is 0 Å². The van der Waals surface area contributed by atoms with Gasteiger partial charge in [-0.3, -0.25) is 0 Å². The van der Waals surface area contributed by atoms with Gasteiger partial charge in [0.2, 0.25) is 0 Å². The molecule has 4 N–H and O–H groups in total. The van der Waals surface area contributed by atoms with Crippen molar-refractivity contribution in [1.82, 2.24) is 0 Å². The molecule has 0 fully saturated rings. The second-order valence-corrected chi connectivity index (χ2v) is 4.00. The minimum absolute atomic E-state index is 0. The van der Waals surface area contributed by atoms with Crippen molar-refractivity contribution < 1.29 is 11.0 Å². The molecule has 1 aromatic rings. The van der Waals surface area contributed by atoms with Crippen LogP contribution in [0.1, 0.15) is 0 Å². The van der Waals surface area contributed by atoms with Gasteiger partial charge >= 0.3 is 59.2 Å². The molecule has 0 spiro atoms. The van der Waals surface area contributed by atoms with E-state index in [1.165, 1.54) is 3.12 Å². The fourth-order valence-corrected chi connectivity index (χ4v) is 1.32. The molecular formula is C6H9O2Tl. The van der Waals surface area contributed by atoms with Crippen LogP contribution >= 0.6 is 0 Å². The van der Waals surface area contributed by atoms with Crippen LogP contribution in [-0.4, -0.2) is 36.7 Å². The fraction of sp³-hybridized carbons (Fsp3) is 0. The van der Waals surface area contributed by atoms with Crippen molar-refractivity contribution in [3.8, 4) is 0 Å².